The first kappa shape index (κ1) is 15.9. The monoisotopic (exact) mass is 330 g/mol. The van der Waals surface area contributed by atoms with Crippen LogP contribution >= 0.6 is 23.2 Å². The molecule has 2 aromatic carbocycles. The molecule has 2 aromatic rings. The molecule has 0 saturated heterocycles. The van der Waals surface area contributed by atoms with Gasteiger partial charge in [0.1, 0.15) is 11.9 Å². The second-order valence-corrected chi connectivity index (χ2v) is 5.12. The van der Waals surface area contributed by atoms with E-state index in [1.54, 1.807) is 6.07 Å². The van der Waals surface area contributed by atoms with Crippen LogP contribution < -0.4 is 9.47 Å². The molecular formula is C15H13Cl2FO3. The van der Waals surface area contributed by atoms with Crippen molar-refractivity contribution in [2.24, 2.45) is 0 Å². The Labute approximate surface area is 131 Å². The van der Waals surface area contributed by atoms with Crippen LogP contribution in [-0.4, -0.2) is 19.3 Å². The van der Waals surface area contributed by atoms with Crippen LogP contribution in [0.3, 0.4) is 0 Å². The molecule has 6 heteroatoms. The molecule has 0 aliphatic carbocycles. The van der Waals surface area contributed by atoms with Crippen LogP contribution in [0.5, 0.6) is 11.5 Å². The Hall–Kier alpha value is -1.49. The highest BCUT2D eigenvalue weighted by molar-refractivity contribution is 6.31. The molecule has 0 aliphatic rings. The molecule has 1 unspecified atom stereocenters. The van der Waals surface area contributed by atoms with Gasteiger partial charge in [0.15, 0.2) is 11.5 Å². The Balaban J connectivity index is 2.47. The van der Waals surface area contributed by atoms with Crippen molar-refractivity contribution in [1.29, 1.82) is 0 Å². The molecule has 21 heavy (non-hydrogen) atoms. The molecule has 0 amide bonds. The van der Waals surface area contributed by atoms with E-state index in [9.17, 15) is 9.50 Å². The van der Waals surface area contributed by atoms with Crippen LogP contribution in [0.4, 0.5) is 4.39 Å². The maximum absolute atomic E-state index is 13.5. The van der Waals surface area contributed by atoms with E-state index in [1.807, 2.05) is 0 Å². The molecule has 1 N–H and O–H groups in total. The zero-order chi connectivity index (χ0) is 15.6. The van der Waals surface area contributed by atoms with Crippen molar-refractivity contribution in [2.75, 3.05) is 14.2 Å². The van der Waals surface area contributed by atoms with E-state index in [-0.39, 0.29) is 10.0 Å². The number of halogens is 3. The Kier molecular flexibility index (Phi) is 4.93. The summed E-state index contributed by atoms with van der Waals surface area (Å²) in [6, 6.07) is 7.16. The lowest BCUT2D eigenvalue weighted by Gasteiger charge is -2.16. The number of aliphatic hydroxyl groups is 1. The lowest BCUT2D eigenvalue weighted by Crippen LogP contribution is -2.03. The molecule has 0 heterocycles. The lowest BCUT2D eigenvalue weighted by molar-refractivity contribution is 0.219. The topological polar surface area (TPSA) is 38.7 Å². The summed E-state index contributed by atoms with van der Waals surface area (Å²) in [7, 11) is 2.96. The van der Waals surface area contributed by atoms with Crippen molar-refractivity contribution >= 4 is 23.2 Å². The fourth-order valence-electron chi connectivity index (χ4n) is 1.94. The van der Waals surface area contributed by atoms with E-state index in [2.05, 4.69) is 0 Å². The zero-order valence-corrected chi connectivity index (χ0v) is 12.9. The summed E-state index contributed by atoms with van der Waals surface area (Å²) in [6.45, 7) is 0. The van der Waals surface area contributed by atoms with Crippen LogP contribution in [0.1, 0.15) is 17.2 Å². The number of hydrogen-bond donors (Lipinski definition) is 1. The molecule has 0 radical (unpaired) electrons. The quantitative estimate of drug-likeness (QED) is 0.911. The van der Waals surface area contributed by atoms with Gasteiger partial charge in [-0.1, -0.05) is 29.3 Å². The molecular weight excluding hydrogens is 318 g/mol. The minimum Gasteiger partial charge on any atom is -0.493 e. The Morgan fingerprint density at radius 2 is 1.62 bits per heavy atom. The number of benzene rings is 2. The average Bonchev–Trinajstić information content (AvgIpc) is 2.49. The van der Waals surface area contributed by atoms with Crippen molar-refractivity contribution in [3.8, 4) is 11.5 Å². The molecule has 0 fully saturated rings. The minimum atomic E-state index is -1.11. The van der Waals surface area contributed by atoms with Crippen molar-refractivity contribution in [3.63, 3.8) is 0 Å². The van der Waals surface area contributed by atoms with Crippen LogP contribution in [0.2, 0.25) is 10.0 Å². The van der Waals surface area contributed by atoms with Gasteiger partial charge in [-0.25, -0.2) is 4.39 Å². The largest absolute Gasteiger partial charge is 0.493 e. The number of ether oxygens (including phenoxy) is 2. The van der Waals surface area contributed by atoms with Gasteiger partial charge in [0.25, 0.3) is 0 Å². The normalized spacial score (nSPS) is 12.1. The second kappa shape index (κ2) is 6.52. The highest BCUT2D eigenvalue weighted by Crippen LogP contribution is 2.38. The van der Waals surface area contributed by atoms with E-state index in [1.165, 1.54) is 38.5 Å². The molecule has 0 aromatic heterocycles. The predicted molar refractivity (Wildman–Crippen MR) is 80.0 cm³/mol. The molecule has 0 spiro atoms. The summed E-state index contributed by atoms with van der Waals surface area (Å²) in [5, 5.41) is 10.7. The Morgan fingerprint density at radius 1 is 1.00 bits per heavy atom. The van der Waals surface area contributed by atoms with E-state index in [0.29, 0.717) is 22.6 Å². The third-order valence-corrected chi connectivity index (χ3v) is 3.69. The highest BCUT2D eigenvalue weighted by Gasteiger charge is 2.19. The van der Waals surface area contributed by atoms with Gasteiger partial charge in [-0.3, -0.25) is 0 Å². The SMILES string of the molecule is COc1cc(Cl)c(C(O)c2ccc(Cl)c(F)c2)cc1OC. The Bertz CT molecular complexity index is 662. The Morgan fingerprint density at radius 3 is 2.19 bits per heavy atom. The van der Waals surface area contributed by atoms with Gasteiger partial charge < -0.3 is 14.6 Å². The summed E-state index contributed by atoms with van der Waals surface area (Å²) in [4.78, 5) is 0. The molecule has 0 bridgehead atoms. The van der Waals surface area contributed by atoms with Crippen LogP contribution in [0.15, 0.2) is 30.3 Å². The number of methoxy groups -OCH3 is 2. The smallest absolute Gasteiger partial charge is 0.162 e. The third-order valence-electron chi connectivity index (χ3n) is 3.06. The summed E-state index contributed by atoms with van der Waals surface area (Å²) in [5.74, 6) is 0.260. The van der Waals surface area contributed by atoms with Crippen molar-refractivity contribution < 1.29 is 19.0 Å². The van der Waals surface area contributed by atoms with Gasteiger partial charge in [-0.05, 0) is 23.8 Å². The zero-order valence-electron chi connectivity index (χ0n) is 11.4. The summed E-state index contributed by atoms with van der Waals surface area (Å²) in [6.07, 6.45) is -1.11. The van der Waals surface area contributed by atoms with Crippen molar-refractivity contribution in [2.45, 2.75) is 6.10 Å². The maximum Gasteiger partial charge on any atom is 0.162 e. The first-order chi connectivity index (χ1) is 9.97. The van der Waals surface area contributed by atoms with Crippen molar-refractivity contribution in [3.05, 3.63) is 57.3 Å². The summed E-state index contributed by atoms with van der Waals surface area (Å²) < 4.78 is 23.8. The first-order valence-corrected chi connectivity index (χ1v) is 6.78. The first-order valence-electron chi connectivity index (χ1n) is 6.02. The molecule has 1 atom stereocenters. The fourth-order valence-corrected chi connectivity index (χ4v) is 2.32. The molecule has 112 valence electrons. The molecule has 3 nitrogen and oxygen atoms in total. The number of aliphatic hydroxyl groups excluding tert-OH is 1. The minimum absolute atomic E-state index is 0.00985. The average molecular weight is 331 g/mol. The summed E-state index contributed by atoms with van der Waals surface area (Å²) >= 11 is 11.8. The number of rotatable bonds is 4. The lowest BCUT2D eigenvalue weighted by atomic mass is 10.0. The number of hydrogen-bond acceptors (Lipinski definition) is 3. The highest BCUT2D eigenvalue weighted by atomic mass is 35.5. The predicted octanol–water partition coefficient (Wildman–Crippen LogP) is 4.23. The van der Waals surface area contributed by atoms with Crippen LogP contribution in [-0.2, 0) is 0 Å². The van der Waals surface area contributed by atoms with E-state index in [4.69, 9.17) is 32.7 Å². The second-order valence-electron chi connectivity index (χ2n) is 4.30. The third kappa shape index (κ3) is 3.23. The van der Waals surface area contributed by atoms with Gasteiger partial charge >= 0.3 is 0 Å². The van der Waals surface area contributed by atoms with Crippen LogP contribution in [0, 0.1) is 5.82 Å². The maximum atomic E-state index is 13.5. The molecule has 2 rings (SSSR count). The van der Waals surface area contributed by atoms with E-state index in [0.717, 1.165) is 0 Å². The fraction of sp³-hybridized carbons (Fsp3) is 0.200. The summed E-state index contributed by atoms with van der Waals surface area (Å²) in [5.41, 5.74) is 0.724. The van der Waals surface area contributed by atoms with Crippen molar-refractivity contribution in [1.82, 2.24) is 0 Å². The van der Waals surface area contributed by atoms with Gasteiger partial charge in [-0.15, -0.1) is 0 Å². The van der Waals surface area contributed by atoms with Gasteiger partial charge in [-0.2, -0.15) is 0 Å². The van der Waals surface area contributed by atoms with Crippen LogP contribution in [0.25, 0.3) is 0 Å². The standard InChI is InChI=1S/C15H13Cl2FO3/c1-20-13-6-9(11(17)7-14(13)21-2)15(19)8-3-4-10(16)12(18)5-8/h3-7,15,19H,1-2H3. The van der Waals surface area contributed by atoms with Gasteiger partial charge in [0.2, 0.25) is 0 Å². The van der Waals surface area contributed by atoms with E-state index < -0.39 is 11.9 Å². The van der Waals surface area contributed by atoms with Gasteiger partial charge in [0.05, 0.1) is 24.3 Å². The molecule has 0 aliphatic heterocycles. The van der Waals surface area contributed by atoms with E-state index >= 15 is 0 Å². The van der Waals surface area contributed by atoms with Gasteiger partial charge in [0, 0.05) is 11.6 Å². The molecule has 0 saturated carbocycles.